The van der Waals surface area contributed by atoms with Gasteiger partial charge >= 0.3 is 0 Å². The fourth-order valence-electron chi connectivity index (χ4n) is 2.47. The number of aromatic hydroxyl groups is 1. The maximum Gasteiger partial charge on any atom is 0.200 e. The van der Waals surface area contributed by atoms with Crippen LogP contribution in [-0.4, -0.2) is 38.4 Å². The molecule has 3 N–H and O–H groups in total. The molecule has 2 aromatic rings. The van der Waals surface area contributed by atoms with Gasteiger partial charge in [0.15, 0.2) is 17.5 Å². The lowest BCUT2D eigenvalue weighted by atomic mass is 10.1. The molecular weight excluding hydrogens is 350 g/mol. The minimum Gasteiger partial charge on any atom is -0.502 e. The average molecular weight is 378 g/mol. The third-order valence-corrected chi connectivity index (χ3v) is 4.69. The predicted octanol–water partition coefficient (Wildman–Crippen LogP) is 3.33. The molecule has 0 amide bonds. The van der Waals surface area contributed by atoms with Crippen LogP contribution in [0.15, 0.2) is 34.0 Å². The molecule has 2 rings (SSSR count). The summed E-state index contributed by atoms with van der Waals surface area (Å²) in [4.78, 5) is 4.62. The number of benzene rings is 1. The van der Waals surface area contributed by atoms with E-state index < -0.39 is 0 Å². The van der Waals surface area contributed by atoms with Crippen LogP contribution in [0.5, 0.6) is 17.2 Å². The van der Waals surface area contributed by atoms with Crippen LogP contribution in [0.1, 0.15) is 30.9 Å². The number of nitrogens with one attached hydrogen (secondary N) is 2. The quantitative estimate of drug-likeness (QED) is 0.486. The standard InChI is InChI=1S/C19H27N3O3S/c1-5-20-19(21-10-13(2)15-6-7-26-12-15)22-11-14-8-16(24-3)18(23)17(9-14)25-4/h6-9,12-13,23H,5,10-11H2,1-4H3,(H2,20,21,22). The van der Waals surface area contributed by atoms with E-state index in [0.717, 1.165) is 24.6 Å². The van der Waals surface area contributed by atoms with Gasteiger partial charge in [0.2, 0.25) is 5.75 Å². The van der Waals surface area contributed by atoms with E-state index in [4.69, 9.17) is 9.47 Å². The van der Waals surface area contributed by atoms with Crippen LogP contribution in [-0.2, 0) is 6.54 Å². The largest absolute Gasteiger partial charge is 0.502 e. The molecule has 0 radical (unpaired) electrons. The lowest BCUT2D eigenvalue weighted by molar-refractivity contribution is 0.339. The highest BCUT2D eigenvalue weighted by molar-refractivity contribution is 7.07. The Morgan fingerprint density at radius 2 is 1.92 bits per heavy atom. The van der Waals surface area contributed by atoms with Crippen LogP contribution in [0.3, 0.4) is 0 Å². The Hall–Kier alpha value is -2.41. The summed E-state index contributed by atoms with van der Waals surface area (Å²) in [5.41, 5.74) is 2.21. The van der Waals surface area contributed by atoms with E-state index in [1.807, 2.05) is 6.92 Å². The minimum atomic E-state index is -0.00245. The molecule has 1 aromatic heterocycles. The highest BCUT2D eigenvalue weighted by Crippen LogP contribution is 2.37. The van der Waals surface area contributed by atoms with Gasteiger partial charge in [0.05, 0.1) is 20.8 Å². The van der Waals surface area contributed by atoms with E-state index in [0.29, 0.717) is 24.0 Å². The summed E-state index contributed by atoms with van der Waals surface area (Å²) in [6, 6.07) is 5.67. The molecule has 1 heterocycles. The van der Waals surface area contributed by atoms with Crippen LogP contribution in [0.4, 0.5) is 0 Å². The molecule has 0 aliphatic heterocycles. The summed E-state index contributed by atoms with van der Waals surface area (Å²) in [7, 11) is 3.03. The Balaban J connectivity index is 2.06. The van der Waals surface area contributed by atoms with Gasteiger partial charge in [-0.25, -0.2) is 4.99 Å². The van der Waals surface area contributed by atoms with Crippen molar-refractivity contribution in [1.82, 2.24) is 10.6 Å². The number of rotatable bonds is 8. The van der Waals surface area contributed by atoms with E-state index in [9.17, 15) is 5.11 Å². The van der Waals surface area contributed by atoms with Crippen LogP contribution < -0.4 is 20.1 Å². The molecule has 142 valence electrons. The second kappa shape index (κ2) is 9.91. The number of guanidine groups is 1. The van der Waals surface area contributed by atoms with Crippen LogP contribution in [0.25, 0.3) is 0 Å². The van der Waals surface area contributed by atoms with Crippen molar-refractivity contribution in [3.63, 3.8) is 0 Å². The first kappa shape index (κ1) is 19.9. The third kappa shape index (κ3) is 5.29. The second-order valence-electron chi connectivity index (χ2n) is 5.88. The fraction of sp³-hybridized carbons (Fsp3) is 0.421. The summed E-state index contributed by atoms with van der Waals surface area (Å²) in [5, 5.41) is 20.9. The van der Waals surface area contributed by atoms with Crippen molar-refractivity contribution in [2.45, 2.75) is 26.3 Å². The molecule has 0 saturated carbocycles. The van der Waals surface area contributed by atoms with E-state index in [1.54, 1.807) is 23.5 Å². The Kier molecular flexibility index (Phi) is 7.59. The number of ether oxygens (including phenoxy) is 2. The minimum absolute atomic E-state index is 0.00245. The summed E-state index contributed by atoms with van der Waals surface area (Å²) in [6.45, 7) is 6.24. The first-order valence-corrected chi connectivity index (χ1v) is 9.51. The van der Waals surface area contributed by atoms with Crippen molar-refractivity contribution < 1.29 is 14.6 Å². The van der Waals surface area contributed by atoms with Gasteiger partial charge in [0, 0.05) is 13.1 Å². The first-order chi connectivity index (χ1) is 12.6. The smallest absolute Gasteiger partial charge is 0.200 e. The Morgan fingerprint density at radius 3 is 2.46 bits per heavy atom. The van der Waals surface area contributed by atoms with Gasteiger partial charge in [-0.05, 0) is 52.9 Å². The van der Waals surface area contributed by atoms with Crippen molar-refractivity contribution in [2.75, 3.05) is 27.3 Å². The molecule has 0 saturated heterocycles. The lowest BCUT2D eigenvalue weighted by Crippen LogP contribution is -2.39. The predicted molar refractivity (Wildman–Crippen MR) is 107 cm³/mol. The van der Waals surface area contributed by atoms with E-state index in [-0.39, 0.29) is 5.75 Å². The van der Waals surface area contributed by atoms with Gasteiger partial charge in [-0.2, -0.15) is 11.3 Å². The van der Waals surface area contributed by atoms with Crippen molar-refractivity contribution in [3.05, 3.63) is 40.1 Å². The fourth-order valence-corrected chi connectivity index (χ4v) is 3.26. The van der Waals surface area contributed by atoms with Crippen LogP contribution in [0.2, 0.25) is 0 Å². The zero-order valence-corrected chi connectivity index (χ0v) is 16.5. The van der Waals surface area contributed by atoms with Gasteiger partial charge < -0.3 is 25.2 Å². The molecule has 0 bridgehead atoms. The summed E-state index contributed by atoms with van der Waals surface area (Å²) in [6.07, 6.45) is 0. The third-order valence-electron chi connectivity index (χ3n) is 3.99. The van der Waals surface area contributed by atoms with Crippen LogP contribution >= 0.6 is 11.3 Å². The first-order valence-electron chi connectivity index (χ1n) is 8.57. The monoisotopic (exact) mass is 377 g/mol. The Morgan fingerprint density at radius 1 is 1.23 bits per heavy atom. The molecule has 0 spiro atoms. The van der Waals surface area contributed by atoms with Crippen molar-refractivity contribution in [3.8, 4) is 17.2 Å². The average Bonchev–Trinajstić information content (AvgIpc) is 3.19. The maximum absolute atomic E-state index is 10.0. The number of hydrogen-bond acceptors (Lipinski definition) is 5. The SMILES string of the molecule is CCNC(=NCc1cc(OC)c(O)c(OC)c1)NCC(C)c1ccsc1. The molecular formula is C19H27N3O3S. The van der Waals surface area contributed by atoms with Crippen molar-refractivity contribution >= 4 is 17.3 Å². The Labute approximate surface area is 158 Å². The number of methoxy groups -OCH3 is 2. The van der Waals surface area contributed by atoms with Gasteiger partial charge in [-0.15, -0.1) is 0 Å². The van der Waals surface area contributed by atoms with Crippen LogP contribution in [0, 0.1) is 0 Å². The van der Waals surface area contributed by atoms with Crippen molar-refractivity contribution in [1.29, 1.82) is 0 Å². The number of phenolic OH excluding ortho intramolecular Hbond substituents is 1. The molecule has 1 aromatic carbocycles. The number of aliphatic imine (C=N–C) groups is 1. The molecule has 26 heavy (non-hydrogen) atoms. The van der Waals surface area contributed by atoms with Gasteiger partial charge in [-0.1, -0.05) is 6.92 Å². The highest BCUT2D eigenvalue weighted by atomic mass is 32.1. The second-order valence-corrected chi connectivity index (χ2v) is 6.66. The normalized spacial score (nSPS) is 12.5. The zero-order chi connectivity index (χ0) is 18.9. The van der Waals surface area contributed by atoms with Gasteiger partial charge in [-0.3, -0.25) is 0 Å². The molecule has 7 heteroatoms. The molecule has 1 unspecified atom stereocenters. The molecule has 0 aliphatic rings. The highest BCUT2D eigenvalue weighted by Gasteiger charge is 2.11. The number of hydrogen-bond donors (Lipinski definition) is 3. The van der Waals surface area contributed by atoms with E-state index >= 15 is 0 Å². The Bertz CT molecular complexity index is 692. The topological polar surface area (TPSA) is 75.1 Å². The summed E-state index contributed by atoms with van der Waals surface area (Å²) in [5.74, 6) is 1.90. The molecule has 0 aliphatic carbocycles. The summed E-state index contributed by atoms with van der Waals surface area (Å²) >= 11 is 1.71. The van der Waals surface area contributed by atoms with E-state index in [2.05, 4.69) is 39.4 Å². The van der Waals surface area contributed by atoms with Gasteiger partial charge in [0.1, 0.15) is 0 Å². The zero-order valence-electron chi connectivity index (χ0n) is 15.7. The summed E-state index contributed by atoms with van der Waals surface area (Å²) < 4.78 is 10.4. The van der Waals surface area contributed by atoms with Crippen molar-refractivity contribution in [2.24, 2.45) is 4.99 Å². The number of nitrogens with zero attached hydrogens (tertiary/aromatic N) is 1. The maximum atomic E-state index is 10.0. The number of thiophene rings is 1. The molecule has 6 nitrogen and oxygen atoms in total. The number of phenols is 1. The van der Waals surface area contributed by atoms with Gasteiger partial charge in [0.25, 0.3) is 0 Å². The van der Waals surface area contributed by atoms with E-state index in [1.165, 1.54) is 19.8 Å². The molecule has 0 fully saturated rings. The molecule has 1 atom stereocenters. The lowest BCUT2D eigenvalue weighted by Gasteiger charge is -2.15.